The number of hydrogen-bond acceptors (Lipinski definition) is 5. The van der Waals surface area contributed by atoms with Crippen LogP contribution in [0.3, 0.4) is 0 Å². The van der Waals surface area contributed by atoms with E-state index < -0.39 is 5.78 Å². The second-order valence-electron chi connectivity index (χ2n) is 5.13. The summed E-state index contributed by atoms with van der Waals surface area (Å²) in [6.45, 7) is 0. The number of ketones is 3. The second kappa shape index (κ2) is 4.84. The van der Waals surface area contributed by atoms with Gasteiger partial charge in [-0.15, -0.1) is 0 Å². The van der Waals surface area contributed by atoms with Crippen LogP contribution in [0, 0.1) is 0 Å². The lowest BCUT2D eigenvalue weighted by molar-refractivity contribution is 0.0951. The Morgan fingerprint density at radius 2 is 1.65 bits per heavy atom. The average Bonchev–Trinajstić information content (AvgIpc) is 3.05. The van der Waals surface area contributed by atoms with Gasteiger partial charge in [-0.25, -0.2) is 0 Å². The van der Waals surface area contributed by atoms with Crippen LogP contribution in [0.5, 0.6) is 0 Å². The Balaban J connectivity index is 1.83. The Labute approximate surface area is 130 Å². The molecule has 0 saturated carbocycles. The van der Waals surface area contributed by atoms with Crippen molar-refractivity contribution in [1.29, 1.82) is 0 Å². The van der Waals surface area contributed by atoms with Crippen LogP contribution < -0.4 is 0 Å². The maximum atomic E-state index is 12.5. The van der Waals surface area contributed by atoms with Crippen molar-refractivity contribution >= 4 is 17.3 Å². The van der Waals surface area contributed by atoms with E-state index in [1.807, 2.05) is 0 Å². The largest absolute Gasteiger partial charge is 0.448 e. The van der Waals surface area contributed by atoms with Gasteiger partial charge in [0, 0.05) is 29.1 Å². The lowest BCUT2D eigenvalue weighted by atomic mass is 9.88. The molecule has 0 atom stereocenters. The molecule has 0 bridgehead atoms. The zero-order chi connectivity index (χ0) is 16.0. The minimum atomic E-state index is -0.419. The standard InChI is InChI=1S/C18H9NO4/c20-15(10-4-3-7-19-9-10)14-8-13-16(21)11-5-1-2-6-12(11)17(22)18(13)23-14/h1-9H. The quantitative estimate of drug-likeness (QED) is 0.532. The highest BCUT2D eigenvalue weighted by Crippen LogP contribution is 2.30. The first-order valence-corrected chi connectivity index (χ1v) is 6.94. The Morgan fingerprint density at radius 1 is 0.913 bits per heavy atom. The maximum absolute atomic E-state index is 12.5. The first kappa shape index (κ1) is 13.3. The van der Waals surface area contributed by atoms with Gasteiger partial charge in [0.25, 0.3) is 0 Å². The summed E-state index contributed by atoms with van der Waals surface area (Å²) in [5.41, 5.74) is 1.07. The van der Waals surface area contributed by atoms with Crippen molar-refractivity contribution in [3.8, 4) is 0 Å². The van der Waals surface area contributed by atoms with Crippen molar-refractivity contribution in [3.05, 3.63) is 88.6 Å². The van der Waals surface area contributed by atoms with Crippen molar-refractivity contribution in [3.63, 3.8) is 0 Å². The van der Waals surface area contributed by atoms with E-state index in [0.717, 1.165) is 0 Å². The molecule has 23 heavy (non-hydrogen) atoms. The Hall–Kier alpha value is -3.34. The van der Waals surface area contributed by atoms with Gasteiger partial charge in [-0.2, -0.15) is 0 Å². The zero-order valence-electron chi connectivity index (χ0n) is 11.8. The number of carbonyl (C=O) groups is 3. The molecule has 0 spiro atoms. The number of rotatable bonds is 2. The van der Waals surface area contributed by atoms with Crippen LogP contribution in [0.25, 0.3) is 0 Å². The normalized spacial score (nSPS) is 12.7. The summed E-state index contributed by atoms with van der Waals surface area (Å²) in [5, 5.41) is 0. The minimum Gasteiger partial charge on any atom is -0.448 e. The third kappa shape index (κ3) is 1.94. The first-order valence-electron chi connectivity index (χ1n) is 6.94. The van der Waals surface area contributed by atoms with Crippen LogP contribution in [0.1, 0.15) is 48.2 Å². The number of pyridine rings is 1. The summed E-state index contributed by atoms with van der Waals surface area (Å²) in [4.78, 5) is 41.2. The molecule has 2 aromatic heterocycles. The van der Waals surface area contributed by atoms with Crippen LogP contribution in [0.4, 0.5) is 0 Å². The van der Waals surface area contributed by atoms with Crippen molar-refractivity contribution in [2.45, 2.75) is 0 Å². The van der Waals surface area contributed by atoms with Crippen LogP contribution in [-0.4, -0.2) is 22.3 Å². The number of aromatic nitrogens is 1. The number of furan rings is 1. The van der Waals surface area contributed by atoms with Crippen molar-refractivity contribution in [1.82, 2.24) is 4.98 Å². The molecule has 0 N–H and O–H groups in total. The van der Waals surface area contributed by atoms with E-state index in [1.165, 1.54) is 12.3 Å². The number of carbonyl (C=O) groups excluding carboxylic acids is 3. The highest BCUT2D eigenvalue weighted by molar-refractivity contribution is 6.28. The molecule has 0 radical (unpaired) electrons. The number of benzene rings is 1. The van der Waals surface area contributed by atoms with E-state index in [0.29, 0.717) is 16.7 Å². The van der Waals surface area contributed by atoms with Crippen molar-refractivity contribution in [2.24, 2.45) is 0 Å². The van der Waals surface area contributed by atoms with E-state index in [2.05, 4.69) is 4.98 Å². The van der Waals surface area contributed by atoms with Gasteiger partial charge in [0.15, 0.2) is 17.3 Å². The summed E-state index contributed by atoms with van der Waals surface area (Å²) in [5.74, 6) is -1.25. The zero-order valence-corrected chi connectivity index (χ0v) is 11.8. The summed E-state index contributed by atoms with van der Waals surface area (Å²) < 4.78 is 5.41. The highest BCUT2D eigenvalue weighted by Gasteiger charge is 2.34. The fourth-order valence-electron chi connectivity index (χ4n) is 2.63. The van der Waals surface area contributed by atoms with Crippen LogP contribution in [0.2, 0.25) is 0 Å². The predicted octanol–water partition coefficient (Wildman–Crippen LogP) is 2.68. The van der Waals surface area contributed by atoms with E-state index in [9.17, 15) is 14.4 Å². The molecule has 0 aliphatic heterocycles. The van der Waals surface area contributed by atoms with E-state index in [4.69, 9.17) is 4.42 Å². The molecule has 5 nitrogen and oxygen atoms in total. The molecule has 1 aromatic carbocycles. The lowest BCUT2D eigenvalue weighted by Crippen LogP contribution is -2.18. The fraction of sp³-hybridized carbons (Fsp3) is 0. The van der Waals surface area contributed by atoms with Gasteiger partial charge in [-0.3, -0.25) is 19.4 Å². The van der Waals surface area contributed by atoms with Crippen molar-refractivity contribution in [2.75, 3.05) is 0 Å². The third-order valence-electron chi connectivity index (χ3n) is 3.75. The molecule has 0 fully saturated rings. The predicted molar refractivity (Wildman–Crippen MR) is 79.7 cm³/mol. The second-order valence-corrected chi connectivity index (χ2v) is 5.13. The summed E-state index contributed by atoms with van der Waals surface area (Å²) in [6, 6.07) is 11.1. The van der Waals surface area contributed by atoms with Gasteiger partial charge < -0.3 is 4.42 Å². The molecule has 4 rings (SSSR count). The van der Waals surface area contributed by atoms with Gasteiger partial charge in [0.1, 0.15) is 0 Å². The molecule has 1 aliphatic carbocycles. The molecule has 0 unspecified atom stereocenters. The summed E-state index contributed by atoms with van der Waals surface area (Å²) in [6.07, 6.45) is 2.95. The SMILES string of the molecule is O=C(c1cccnc1)c1cc2c(o1)C(=O)c1ccccc1C2=O. The van der Waals surface area contributed by atoms with Gasteiger partial charge in [-0.05, 0) is 18.2 Å². The van der Waals surface area contributed by atoms with Gasteiger partial charge in [0.2, 0.25) is 11.6 Å². The summed E-state index contributed by atoms with van der Waals surface area (Å²) >= 11 is 0. The van der Waals surface area contributed by atoms with Gasteiger partial charge in [0.05, 0.1) is 5.56 Å². The molecule has 110 valence electrons. The third-order valence-corrected chi connectivity index (χ3v) is 3.75. The Bertz CT molecular complexity index is 917. The summed E-state index contributed by atoms with van der Waals surface area (Å²) in [7, 11) is 0. The maximum Gasteiger partial charge on any atom is 0.229 e. The Morgan fingerprint density at radius 3 is 2.35 bits per heavy atom. The number of hydrogen-bond donors (Lipinski definition) is 0. The lowest BCUT2D eigenvalue weighted by Gasteiger charge is -2.11. The molecule has 1 aliphatic rings. The molecular weight excluding hydrogens is 294 g/mol. The Kier molecular flexibility index (Phi) is 2.81. The van der Waals surface area contributed by atoms with E-state index >= 15 is 0 Å². The van der Waals surface area contributed by atoms with Crippen LogP contribution >= 0.6 is 0 Å². The first-order chi connectivity index (χ1) is 11.2. The topological polar surface area (TPSA) is 77.2 Å². The molecular formula is C18H9NO4. The van der Waals surface area contributed by atoms with Crippen LogP contribution in [0.15, 0.2) is 59.3 Å². The number of nitrogens with zero attached hydrogens (tertiary/aromatic N) is 1. The fourth-order valence-corrected chi connectivity index (χ4v) is 2.63. The molecule has 2 heterocycles. The van der Waals surface area contributed by atoms with E-state index in [1.54, 1.807) is 42.6 Å². The average molecular weight is 303 g/mol. The van der Waals surface area contributed by atoms with E-state index in [-0.39, 0.29) is 28.7 Å². The molecule has 5 heteroatoms. The van der Waals surface area contributed by atoms with Gasteiger partial charge in [-0.1, -0.05) is 24.3 Å². The smallest absolute Gasteiger partial charge is 0.229 e. The minimum absolute atomic E-state index is 0.0440. The molecule has 0 amide bonds. The monoisotopic (exact) mass is 303 g/mol. The molecule has 0 saturated heterocycles. The van der Waals surface area contributed by atoms with Gasteiger partial charge >= 0.3 is 0 Å². The highest BCUT2D eigenvalue weighted by atomic mass is 16.4. The van der Waals surface area contributed by atoms with Crippen molar-refractivity contribution < 1.29 is 18.8 Å². The number of fused-ring (bicyclic) bond motifs is 2. The van der Waals surface area contributed by atoms with Crippen LogP contribution in [-0.2, 0) is 0 Å². The molecule has 3 aromatic rings.